The Balaban J connectivity index is 2.31. The van der Waals surface area contributed by atoms with E-state index < -0.39 is 0 Å². The molecule has 16 heavy (non-hydrogen) atoms. The van der Waals surface area contributed by atoms with Crippen LogP contribution < -0.4 is 10.1 Å². The molecule has 3 nitrogen and oxygen atoms in total. The number of aliphatic hydroxyl groups is 1. The molecule has 0 aliphatic rings. The van der Waals surface area contributed by atoms with Crippen molar-refractivity contribution in [2.45, 2.75) is 17.4 Å². The van der Waals surface area contributed by atoms with Crippen LogP contribution in [0.3, 0.4) is 0 Å². The van der Waals surface area contributed by atoms with E-state index in [1.807, 2.05) is 19.2 Å². The van der Waals surface area contributed by atoms with Crippen LogP contribution in [0.2, 0.25) is 0 Å². The van der Waals surface area contributed by atoms with Gasteiger partial charge in [0.05, 0.1) is 13.7 Å². The highest BCUT2D eigenvalue weighted by molar-refractivity contribution is 7.99. The van der Waals surface area contributed by atoms with E-state index in [2.05, 4.69) is 17.4 Å². The van der Waals surface area contributed by atoms with Gasteiger partial charge in [-0.2, -0.15) is 0 Å². The fourth-order valence-corrected chi connectivity index (χ4v) is 2.28. The maximum absolute atomic E-state index is 9.00. The molecule has 1 rings (SSSR count). The molecule has 0 fully saturated rings. The Morgan fingerprint density at radius 2 is 2.06 bits per heavy atom. The Kier molecular flexibility index (Phi) is 6.30. The molecule has 1 aromatic rings. The minimum absolute atomic E-state index is 0.194. The molecule has 0 bridgehead atoms. The summed E-state index contributed by atoms with van der Waals surface area (Å²) < 4.78 is 5.09. The smallest absolute Gasteiger partial charge is 0.118 e. The van der Waals surface area contributed by atoms with Gasteiger partial charge in [-0.05, 0) is 43.5 Å². The standard InChI is InChI=1S/C12H19NO2S/c1-13-10(9-14)7-8-16-12-5-3-11(15-2)4-6-12/h3-6,10,13-14H,7-9H2,1-2H3. The van der Waals surface area contributed by atoms with Gasteiger partial charge in [-0.3, -0.25) is 0 Å². The van der Waals surface area contributed by atoms with Crippen molar-refractivity contribution >= 4 is 11.8 Å². The molecule has 0 spiro atoms. The third-order valence-corrected chi connectivity index (χ3v) is 3.47. The minimum Gasteiger partial charge on any atom is -0.497 e. The van der Waals surface area contributed by atoms with E-state index in [1.165, 1.54) is 4.90 Å². The second-order valence-corrected chi connectivity index (χ2v) is 4.65. The van der Waals surface area contributed by atoms with E-state index >= 15 is 0 Å². The van der Waals surface area contributed by atoms with Crippen LogP contribution in [0, 0.1) is 0 Å². The summed E-state index contributed by atoms with van der Waals surface area (Å²) in [7, 11) is 3.54. The first-order chi connectivity index (χ1) is 7.80. The molecule has 1 aromatic carbocycles. The lowest BCUT2D eigenvalue weighted by molar-refractivity contribution is 0.246. The van der Waals surface area contributed by atoms with Gasteiger partial charge in [-0.1, -0.05) is 0 Å². The Morgan fingerprint density at radius 3 is 2.56 bits per heavy atom. The molecule has 2 N–H and O–H groups in total. The number of likely N-dealkylation sites (N-methyl/N-ethyl adjacent to an activating group) is 1. The van der Waals surface area contributed by atoms with Crippen LogP contribution in [0.1, 0.15) is 6.42 Å². The van der Waals surface area contributed by atoms with Crippen molar-refractivity contribution in [1.29, 1.82) is 0 Å². The van der Waals surface area contributed by atoms with Gasteiger partial charge < -0.3 is 15.2 Å². The van der Waals surface area contributed by atoms with E-state index in [1.54, 1.807) is 18.9 Å². The molecule has 0 aliphatic heterocycles. The van der Waals surface area contributed by atoms with Crippen molar-refractivity contribution in [3.8, 4) is 5.75 Å². The monoisotopic (exact) mass is 241 g/mol. The van der Waals surface area contributed by atoms with Crippen LogP contribution in [0.4, 0.5) is 0 Å². The van der Waals surface area contributed by atoms with E-state index in [9.17, 15) is 0 Å². The predicted octanol–water partition coefficient (Wildman–Crippen LogP) is 1.76. The van der Waals surface area contributed by atoms with Crippen LogP contribution in [0.15, 0.2) is 29.2 Å². The maximum Gasteiger partial charge on any atom is 0.118 e. The molecule has 0 aliphatic carbocycles. The minimum atomic E-state index is 0.194. The Hall–Kier alpha value is -0.710. The third kappa shape index (κ3) is 4.43. The molecule has 1 atom stereocenters. The summed E-state index contributed by atoms with van der Waals surface area (Å²) in [5.74, 6) is 1.88. The molecule has 90 valence electrons. The number of methoxy groups -OCH3 is 1. The predicted molar refractivity (Wildman–Crippen MR) is 68.3 cm³/mol. The van der Waals surface area contributed by atoms with Gasteiger partial charge in [0.15, 0.2) is 0 Å². The van der Waals surface area contributed by atoms with Crippen LogP contribution in [0.5, 0.6) is 5.75 Å². The lowest BCUT2D eigenvalue weighted by Crippen LogP contribution is -2.29. The van der Waals surface area contributed by atoms with Crippen molar-refractivity contribution in [1.82, 2.24) is 5.32 Å². The molecule has 1 unspecified atom stereocenters. The number of thioether (sulfide) groups is 1. The zero-order chi connectivity index (χ0) is 11.8. The molecule has 0 saturated heterocycles. The molecule has 0 heterocycles. The fourth-order valence-electron chi connectivity index (χ4n) is 1.32. The van der Waals surface area contributed by atoms with Crippen molar-refractivity contribution in [2.75, 3.05) is 26.5 Å². The Bertz CT molecular complexity index is 286. The van der Waals surface area contributed by atoms with Gasteiger partial charge in [0.1, 0.15) is 5.75 Å². The summed E-state index contributed by atoms with van der Waals surface area (Å²) >= 11 is 1.79. The highest BCUT2D eigenvalue weighted by Gasteiger charge is 2.03. The lowest BCUT2D eigenvalue weighted by atomic mass is 10.2. The third-order valence-electron chi connectivity index (χ3n) is 2.42. The first-order valence-corrected chi connectivity index (χ1v) is 6.33. The number of hydrogen-bond donors (Lipinski definition) is 2. The highest BCUT2D eigenvalue weighted by atomic mass is 32.2. The summed E-state index contributed by atoms with van der Waals surface area (Å²) in [6.45, 7) is 0.194. The van der Waals surface area contributed by atoms with Crippen LogP contribution in [-0.4, -0.2) is 37.7 Å². The number of rotatable bonds is 7. The normalized spacial score (nSPS) is 12.4. The summed E-state index contributed by atoms with van der Waals surface area (Å²) in [6.07, 6.45) is 0.962. The molecule has 0 saturated carbocycles. The Labute approximate surface area is 101 Å². The van der Waals surface area contributed by atoms with E-state index in [0.717, 1.165) is 17.9 Å². The topological polar surface area (TPSA) is 41.5 Å². The molecule has 0 aromatic heterocycles. The largest absolute Gasteiger partial charge is 0.497 e. The first-order valence-electron chi connectivity index (χ1n) is 5.35. The number of aliphatic hydroxyl groups excluding tert-OH is 1. The molecular formula is C12H19NO2S. The molecule has 0 amide bonds. The van der Waals surface area contributed by atoms with Gasteiger partial charge in [0, 0.05) is 10.9 Å². The van der Waals surface area contributed by atoms with Gasteiger partial charge in [0.2, 0.25) is 0 Å². The first kappa shape index (κ1) is 13.4. The van der Waals surface area contributed by atoms with Gasteiger partial charge in [0.25, 0.3) is 0 Å². The van der Waals surface area contributed by atoms with Gasteiger partial charge in [-0.15, -0.1) is 11.8 Å². The number of hydrogen-bond acceptors (Lipinski definition) is 4. The summed E-state index contributed by atoms with van der Waals surface area (Å²) in [5, 5.41) is 12.1. The van der Waals surface area contributed by atoms with Crippen molar-refractivity contribution in [2.24, 2.45) is 0 Å². The average Bonchev–Trinajstić information content (AvgIpc) is 2.35. The second kappa shape index (κ2) is 7.54. The van der Waals surface area contributed by atoms with Crippen molar-refractivity contribution < 1.29 is 9.84 Å². The fraction of sp³-hybridized carbons (Fsp3) is 0.500. The van der Waals surface area contributed by atoms with E-state index in [4.69, 9.17) is 9.84 Å². The van der Waals surface area contributed by atoms with Gasteiger partial charge >= 0.3 is 0 Å². The zero-order valence-electron chi connectivity index (χ0n) is 9.77. The highest BCUT2D eigenvalue weighted by Crippen LogP contribution is 2.22. The van der Waals surface area contributed by atoms with Crippen LogP contribution in [-0.2, 0) is 0 Å². The summed E-state index contributed by atoms with van der Waals surface area (Å²) in [5.41, 5.74) is 0. The number of nitrogens with one attached hydrogen (secondary N) is 1. The molecule has 4 heteroatoms. The van der Waals surface area contributed by atoms with Crippen LogP contribution in [0.25, 0.3) is 0 Å². The van der Waals surface area contributed by atoms with Crippen molar-refractivity contribution in [3.05, 3.63) is 24.3 Å². The zero-order valence-corrected chi connectivity index (χ0v) is 10.6. The van der Waals surface area contributed by atoms with E-state index in [0.29, 0.717) is 0 Å². The quantitative estimate of drug-likeness (QED) is 0.714. The Morgan fingerprint density at radius 1 is 1.38 bits per heavy atom. The molecule has 0 radical (unpaired) electrons. The number of benzene rings is 1. The van der Waals surface area contributed by atoms with Gasteiger partial charge in [-0.25, -0.2) is 0 Å². The lowest BCUT2D eigenvalue weighted by Gasteiger charge is -2.12. The second-order valence-electron chi connectivity index (χ2n) is 3.48. The summed E-state index contributed by atoms with van der Waals surface area (Å²) in [6, 6.07) is 8.23. The molecular weight excluding hydrogens is 222 g/mol. The van der Waals surface area contributed by atoms with Crippen LogP contribution >= 0.6 is 11.8 Å². The average molecular weight is 241 g/mol. The SMILES string of the molecule is CNC(CO)CCSc1ccc(OC)cc1. The maximum atomic E-state index is 9.00. The number of ether oxygens (including phenoxy) is 1. The summed E-state index contributed by atoms with van der Waals surface area (Å²) in [4.78, 5) is 1.23. The van der Waals surface area contributed by atoms with E-state index in [-0.39, 0.29) is 12.6 Å². The van der Waals surface area contributed by atoms with Crippen molar-refractivity contribution in [3.63, 3.8) is 0 Å².